The van der Waals surface area contributed by atoms with Crippen LogP contribution < -0.4 is 0 Å². The van der Waals surface area contributed by atoms with E-state index in [1.165, 1.54) is 4.90 Å². The second-order valence-electron chi connectivity index (χ2n) is 6.79. The number of ether oxygens (including phenoxy) is 1. The molecule has 1 amide bonds. The van der Waals surface area contributed by atoms with Crippen molar-refractivity contribution in [1.82, 2.24) is 4.90 Å². The summed E-state index contributed by atoms with van der Waals surface area (Å²) in [6.45, 7) is 5.44. The maximum Gasteiger partial charge on any atom is 0.330 e. The first-order valence-electron chi connectivity index (χ1n) is 9.38. The molecular weight excluding hydrogens is 336 g/mol. The molecule has 0 aromatic heterocycles. The van der Waals surface area contributed by atoms with Crippen molar-refractivity contribution in [3.63, 3.8) is 0 Å². The largest absolute Gasteiger partial charge is 0.480 e. The molecule has 1 heterocycles. The van der Waals surface area contributed by atoms with E-state index in [0.717, 1.165) is 31.4 Å². The van der Waals surface area contributed by atoms with Crippen LogP contribution in [0.15, 0.2) is 16.8 Å². The van der Waals surface area contributed by atoms with E-state index in [-0.39, 0.29) is 18.2 Å². The molecule has 1 saturated heterocycles. The first-order chi connectivity index (χ1) is 12.4. The molecule has 144 valence electrons. The molecular formula is C19H28N2O5. The van der Waals surface area contributed by atoms with Gasteiger partial charge < -0.3 is 9.84 Å². The van der Waals surface area contributed by atoms with Crippen LogP contribution in [0.4, 0.5) is 0 Å². The molecule has 0 radical (unpaired) electrons. The van der Waals surface area contributed by atoms with Gasteiger partial charge in [-0.3, -0.25) is 14.7 Å². The number of carbonyl (C=O) groups excluding carboxylic acids is 2. The molecule has 26 heavy (non-hydrogen) atoms. The van der Waals surface area contributed by atoms with E-state index in [4.69, 9.17) is 4.74 Å². The summed E-state index contributed by atoms with van der Waals surface area (Å²) in [7, 11) is 0. The summed E-state index contributed by atoms with van der Waals surface area (Å²) < 4.78 is 5.03. The lowest BCUT2D eigenvalue weighted by Crippen LogP contribution is -2.43. The summed E-state index contributed by atoms with van der Waals surface area (Å²) >= 11 is 0. The van der Waals surface area contributed by atoms with Crippen molar-refractivity contribution < 1.29 is 24.2 Å². The van der Waals surface area contributed by atoms with Gasteiger partial charge in [-0.1, -0.05) is 19.4 Å². The number of carboxylic acid groups (broad SMARTS) is 1. The van der Waals surface area contributed by atoms with Crippen LogP contribution in [-0.2, 0) is 19.1 Å². The van der Waals surface area contributed by atoms with E-state index in [0.29, 0.717) is 12.8 Å². The maximum absolute atomic E-state index is 13.0. The lowest BCUT2D eigenvalue weighted by Gasteiger charge is -2.26. The Morgan fingerprint density at radius 1 is 1.38 bits per heavy atom. The average Bonchev–Trinajstić information content (AvgIpc) is 3.00. The van der Waals surface area contributed by atoms with Gasteiger partial charge in [0.15, 0.2) is 0 Å². The number of nitrogens with zero attached hydrogens (tertiary/aromatic N) is 2. The molecule has 0 aromatic rings. The Bertz CT molecular complexity index is 625. The standard InChI is InChI=1S/C19H28N2O5/c1-4-8-14(19(25)26-5-2)20-12(3)17(22)21-15-10-7-6-9-13(15)11-16(21)18(23)24/h10,13-14,16H,4-9,11H2,1-3H3,(H,23,24). The molecule has 1 aliphatic carbocycles. The van der Waals surface area contributed by atoms with Crippen molar-refractivity contribution >= 4 is 23.6 Å². The third-order valence-electron chi connectivity index (χ3n) is 4.91. The second kappa shape index (κ2) is 8.96. The number of carbonyl (C=O) groups is 3. The van der Waals surface area contributed by atoms with Crippen molar-refractivity contribution in [2.45, 2.75) is 71.4 Å². The number of fused-ring (bicyclic) bond motifs is 1. The summed E-state index contributed by atoms with van der Waals surface area (Å²) in [6.07, 6.45) is 6.38. The van der Waals surface area contributed by atoms with Gasteiger partial charge in [0, 0.05) is 11.6 Å². The number of hydrogen-bond donors (Lipinski definition) is 1. The summed E-state index contributed by atoms with van der Waals surface area (Å²) in [4.78, 5) is 42.4. The number of hydrogen-bond acceptors (Lipinski definition) is 5. The summed E-state index contributed by atoms with van der Waals surface area (Å²) in [5, 5.41) is 9.55. The van der Waals surface area contributed by atoms with Crippen LogP contribution in [0.2, 0.25) is 0 Å². The summed E-state index contributed by atoms with van der Waals surface area (Å²) in [6, 6.07) is -1.60. The predicted molar refractivity (Wildman–Crippen MR) is 96.7 cm³/mol. The van der Waals surface area contributed by atoms with Crippen LogP contribution in [0.25, 0.3) is 0 Å². The van der Waals surface area contributed by atoms with E-state index in [2.05, 4.69) is 4.99 Å². The SMILES string of the molecule is CCCC(N=C(C)C(=O)N1C2=CCCCC2CC1C(=O)O)C(=O)OCC. The minimum absolute atomic E-state index is 0.109. The Kier molecular flexibility index (Phi) is 6.94. The quantitative estimate of drug-likeness (QED) is 0.553. The molecule has 1 aliphatic heterocycles. The number of amides is 1. The molecule has 2 aliphatic rings. The normalized spacial score (nSPS) is 23.9. The predicted octanol–water partition coefficient (Wildman–Crippen LogP) is 2.55. The van der Waals surface area contributed by atoms with E-state index in [1.807, 2.05) is 13.0 Å². The van der Waals surface area contributed by atoms with Gasteiger partial charge in [-0.05, 0) is 46.0 Å². The first kappa shape index (κ1) is 20.1. The fraction of sp³-hybridized carbons (Fsp3) is 0.684. The van der Waals surface area contributed by atoms with Gasteiger partial charge >= 0.3 is 11.9 Å². The third-order valence-corrected chi connectivity index (χ3v) is 4.91. The summed E-state index contributed by atoms with van der Waals surface area (Å²) in [5.41, 5.74) is 0.946. The topological polar surface area (TPSA) is 96.3 Å². The second-order valence-corrected chi connectivity index (χ2v) is 6.79. The molecule has 0 spiro atoms. The molecule has 0 aromatic carbocycles. The van der Waals surface area contributed by atoms with Crippen LogP contribution in [0.3, 0.4) is 0 Å². The van der Waals surface area contributed by atoms with Crippen LogP contribution in [0.5, 0.6) is 0 Å². The molecule has 7 nitrogen and oxygen atoms in total. The third kappa shape index (κ3) is 4.31. The van der Waals surface area contributed by atoms with Gasteiger partial charge in [0.25, 0.3) is 5.91 Å². The highest BCUT2D eigenvalue weighted by atomic mass is 16.5. The fourth-order valence-corrected chi connectivity index (χ4v) is 3.70. The molecule has 7 heteroatoms. The Morgan fingerprint density at radius 3 is 2.73 bits per heavy atom. The number of allylic oxidation sites excluding steroid dienone is 2. The highest BCUT2D eigenvalue weighted by Gasteiger charge is 2.44. The number of carboxylic acids is 1. The molecule has 0 saturated carbocycles. The van der Waals surface area contributed by atoms with E-state index in [1.54, 1.807) is 13.8 Å². The minimum Gasteiger partial charge on any atom is -0.480 e. The number of aliphatic imine (C=N–C) groups is 1. The van der Waals surface area contributed by atoms with Crippen LogP contribution >= 0.6 is 0 Å². The molecule has 3 atom stereocenters. The lowest BCUT2D eigenvalue weighted by molar-refractivity contribution is -0.146. The fourth-order valence-electron chi connectivity index (χ4n) is 3.70. The highest BCUT2D eigenvalue weighted by Crippen LogP contribution is 2.40. The molecule has 1 fully saturated rings. The van der Waals surface area contributed by atoms with Gasteiger partial charge in [-0.25, -0.2) is 9.59 Å². The Balaban J connectivity index is 2.27. The van der Waals surface area contributed by atoms with Gasteiger partial charge in [0.2, 0.25) is 0 Å². The van der Waals surface area contributed by atoms with Crippen LogP contribution in [0, 0.1) is 5.92 Å². The zero-order chi connectivity index (χ0) is 19.3. The van der Waals surface area contributed by atoms with Crippen molar-refractivity contribution in [3.05, 3.63) is 11.8 Å². The van der Waals surface area contributed by atoms with Crippen molar-refractivity contribution in [1.29, 1.82) is 0 Å². The number of aliphatic carboxylic acids is 1. The molecule has 1 N–H and O–H groups in total. The zero-order valence-corrected chi connectivity index (χ0v) is 15.7. The summed E-state index contributed by atoms with van der Waals surface area (Å²) in [5.74, 6) is -1.78. The van der Waals surface area contributed by atoms with Crippen LogP contribution in [0.1, 0.15) is 59.3 Å². The zero-order valence-electron chi connectivity index (χ0n) is 15.7. The maximum atomic E-state index is 13.0. The Labute approximate surface area is 154 Å². The minimum atomic E-state index is -1.00. The van der Waals surface area contributed by atoms with Gasteiger partial charge in [0.1, 0.15) is 12.1 Å². The van der Waals surface area contributed by atoms with Gasteiger partial charge in [-0.15, -0.1) is 0 Å². The van der Waals surface area contributed by atoms with Crippen molar-refractivity contribution in [3.8, 4) is 0 Å². The van der Waals surface area contributed by atoms with Crippen molar-refractivity contribution in [2.75, 3.05) is 6.61 Å². The van der Waals surface area contributed by atoms with Gasteiger partial charge in [-0.2, -0.15) is 0 Å². The smallest absolute Gasteiger partial charge is 0.330 e. The average molecular weight is 364 g/mol. The number of esters is 1. The molecule has 2 rings (SSSR count). The van der Waals surface area contributed by atoms with E-state index < -0.39 is 29.9 Å². The van der Waals surface area contributed by atoms with Crippen LogP contribution in [-0.4, -0.2) is 52.3 Å². The molecule has 3 unspecified atom stereocenters. The highest BCUT2D eigenvalue weighted by molar-refractivity contribution is 6.38. The lowest BCUT2D eigenvalue weighted by atomic mass is 9.91. The van der Waals surface area contributed by atoms with Gasteiger partial charge in [0.05, 0.1) is 12.3 Å². The first-order valence-corrected chi connectivity index (χ1v) is 9.38. The van der Waals surface area contributed by atoms with Crippen molar-refractivity contribution in [2.24, 2.45) is 10.9 Å². The number of likely N-dealkylation sites (tertiary alicyclic amines) is 1. The molecule has 0 bridgehead atoms. The monoisotopic (exact) mass is 364 g/mol. The number of rotatable bonds is 7. The van der Waals surface area contributed by atoms with E-state index in [9.17, 15) is 19.5 Å². The van der Waals surface area contributed by atoms with E-state index >= 15 is 0 Å². The Morgan fingerprint density at radius 2 is 2.12 bits per heavy atom. The Hall–Kier alpha value is -2.18.